The van der Waals surface area contributed by atoms with Gasteiger partial charge in [-0.2, -0.15) is 0 Å². The quantitative estimate of drug-likeness (QED) is 0.661. The highest BCUT2D eigenvalue weighted by molar-refractivity contribution is 5.83. The Bertz CT molecular complexity index is 638. The number of hydrogen-bond donors (Lipinski definition) is 1. The van der Waals surface area contributed by atoms with Gasteiger partial charge in [-0.25, -0.2) is 4.39 Å². The highest BCUT2D eigenvalue weighted by atomic mass is 19.2. The van der Waals surface area contributed by atoms with Crippen LogP contribution in [0.25, 0.3) is 0 Å². The van der Waals surface area contributed by atoms with Gasteiger partial charge in [0.25, 0.3) is 0 Å². The van der Waals surface area contributed by atoms with E-state index in [2.05, 4.69) is 26.8 Å². The lowest BCUT2D eigenvalue weighted by Gasteiger charge is -2.59. The van der Waals surface area contributed by atoms with Gasteiger partial charge in [-0.15, -0.1) is 0 Å². The van der Waals surface area contributed by atoms with Crippen molar-refractivity contribution in [2.24, 2.45) is 34.0 Å². The lowest BCUT2D eigenvalue weighted by Crippen LogP contribution is -2.53. The average Bonchev–Trinajstić information content (AvgIpc) is 2.81. The highest BCUT2D eigenvalue weighted by Crippen LogP contribution is 2.69. The number of rotatable bonds is 1. The zero-order valence-corrected chi connectivity index (χ0v) is 16.2. The molecule has 3 heteroatoms. The molecule has 140 valence electrons. The predicted octanol–water partition coefficient (Wildman–Crippen LogP) is 5.20. The van der Waals surface area contributed by atoms with Gasteiger partial charge in [0.15, 0.2) is 0 Å². The standard InChI is InChI=1S/C22H33FO2/c1-14(24)20(3)9-8-18-16-6-5-15-13-22(23,25)12-11-19(15,2)17(16)7-10-21(18,20)4/h5,16-18,25H,6-13H2,1-4H3/t16-,17+,18+,19+,20-,21+,22-/m1/s1. The van der Waals surface area contributed by atoms with Crippen molar-refractivity contribution < 1.29 is 14.3 Å². The van der Waals surface area contributed by atoms with E-state index in [0.29, 0.717) is 23.5 Å². The van der Waals surface area contributed by atoms with E-state index < -0.39 is 5.85 Å². The van der Waals surface area contributed by atoms with E-state index in [9.17, 15) is 14.3 Å². The van der Waals surface area contributed by atoms with E-state index in [1.165, 1.54) is 0 Å². The fourth-order valence-corrected chi connectivity index (χ4v) is 7.45. The van der Waals surface area contributed by atoms with Crippen molar-refractivity contribution >= 4 is 5.78 Å². The van der Waals surface area contributed by atoms with Gasteiger partial charge in [0.2, 0.25) is 5.85 Å². The number of Topliss-reactive ketones (excluding diaryl/α,β-unsaturated/α-hetero) is 1. The smallest absolute Gasteiger partial charge is 0.210 e. The Hall–Kier alpha value is -0.700. The third kappa shape index (κ3) is 2.20. The van der Waals surface area contributed by atoms with Crippen LogP contribution in [0.5, 0.6) is 0 Å². The van der Waals surface area contributed by atoms with Crippen LogP contribution in [0, 0.1) is 34.0 Å². The summed E-state index contributed by atoms with van der Waals surface area (Å²) in [6.45, 7) is 8.66. The fraction of sp³-hybridized carbons (Fsp3) is 0.864. The second-order valence-corrected chi connectivity index (χ2v) is 10.2. The zero-order valence-electron chi connectivity index (χ0n) is 16.2. The van der Waals surface area contributed by atoms with Crippen LogP contribution in [-0.2, 0) is 4.79 Å². The lowest BCUT2D eigenvalue weighted by atomic mass is 9.45. The molecule has 0 aromatic heterocycles. The monoisotopic (exact) mass is 348 g/mol. The molecule has 4 aliphatic carbocycles. The molecule has 4 aliphatic rings. The molecule has 7 atom stereocenters. The molecule has 0 unspecified atom stereocenters. The van der Waals surface area contributed by atoms with E-state index in [1.54, 1.807) is 6.92 Å². The van der Waals surface area contributed by atoms with Crippen LogP contribution in [0.1, 0.15) is 79.1 Å². The number of carbonyl (C=O) groups is 1. The molecule has 2 nitrogen and oxygen atoms in total. The first-order valence-electron chi connectivity index (χ1n) is 10.2. The number of aliphatic hydroxyl groups is 1. The molecule has 0 radical (unpaired) electrons. The van der Waals surface area contributed by atoms with E-state index in [4.69, 9.17) is 0 Å². The van der Waals surface area contributed by atoms with Gasteiger partial charge in [-0.3, -0.25) is 4.79 Å². The van der Waals surface area contributed by atoms with Crippen LogP contribution < -0.4 is 0 Å². The van der Waals surface area contributed by atoms with Crippen molar-refractivity contribution in [3.63, 3.8) is 0 Å². The van der Waals surface area contributed by atoms with Gasteiger partial charge < -0.3 is 5.11 Å². The Kier molecular flexibility index (Phi) is 3.67. The largest absolute Gasteiger partial charge is 0.361 e. The number of fused-ring (bicyclic) bond motifs is 5. The van der Waals surface area contributed by atoms with Gasteiger partial charge >= 0.3 is 0 Å². The maximum absolute atomic E-state index is 14.2. The molecule has 0 aromatic carbocycles. The van der Waals surface area contributed by atoms with Gasteiger partial charge in [-0.1, -0.05) is 32.4 Å². The average molecular weight is 349 g/mol. The Labute approximate surface area is 151 Å². The maximum Gasteiger partial charge on any atom is 0.210 e. The lowest BCUT2D eigenvalue weighted by molar-refractivity contribution is -0.145. The maximum atomic E-state index is 14.2. The molecule has 0 aliphatic heterocycles. The molecule has 0 bridgehead atoms. The minimum absolute atomic E-state index is 0.0395. The Morgan fingerprint density at radius 3 is 2.48 bits per heavy atom. The number of halogens is 1. The minimum Gasteiger partial charge on any atom is -0.361 e. The Morgan fingerprint density at radius 1 is 1.12 bits per heavy atom. The van der Waals surface area contributed by atoms with Crippen molar-refractivity contribution in [1.82, 2.24) is 0 Å². The molecule has 3 fully saturated rings. The van der Waals surface area contributed by atoms with Gasteiger partial charge in [0, 0.05) is 18.3 Å². The molecule has 4 rings (SSSR count). The molecule has 0 heterocycles. The third-order valence-corrected chi connectivity index (χ3v) is 9.50. The predicted molar refractivity (Wildman–Crippen MR) is 96.5 cm³/mol. The summed E-state index contributed by atoms with van der Waals surface area (Å²) in [5, 5.41) is 9.90. The summed E-state index contributed by atoms with van der Waals surface area (Å²) in [4.78, 5) is 12.5. The summed E-state index contributed by atoms with van der Waals surface area (Å²) in [7, 11) is 0. The molecule has 0 spiro atoms. The third-order valence-electron chi connectivity index (χ3n) is 9.50. The number of ketones is 1. The van der Waals surface area contributed by atoms with Crippen molar-refractivity contribution in [3.05, 3.63) is 11.6 Å². The normalized spacial score (nSPS) is 55.0. The van der Waals surface area contributed by atoms with Gasteiger partial charge in [0.05, 0.1) is 0 Å². The van der Waals surface area contributed by atoms with Crippen LogP contribution in [0.3, 0.4) is 0 Å². The van der Waals surface area contributed by atoms with Crippen molar-refractivity contribution in [2.75, 3.05) is 0 Å². The first-order chi connectivity index (χ1) is 11.5. The molecule has 0 aromatic rings. The number of hydrogen-bond acceptors (Lipinski definition) is 2. The summed E-state index contributed by atoms with van der Waals surface area (Å²) >= 11 is 0. The highest BCUT2D eigenvalue weighted by Gasteiger charge is 2.64. The Morgan fingerprint density at radius 2 is 1.80 bits per heavy atom. The summed E-state index contributed by atoms with van der Waals surface area (Å²) in [5.41, 5.74) is 1.12. The van der Waals surface area contributed by atoms with Crippen LogP contribution in [-0.4, -0.2) is 16.7 Å². The van der Waals surface area contributed by atoms with E-state index >= 15 is 0 Å². The number of alkyl halides is 1. The molecular formula is C22H33FO2. The fourth-order valence-electron chi connectivity index (χ4n) is 7.45. The molecular weight excluding hydrogens is 315 g/mol. The second kappa shape index (κ2) is 5.18. The first-order valence-corrected chi connectivity index (χ1v) is 10.2. The second-order valence-electron chi connectivity index (χ2n) is 10.2. The van der Waals surface area contributed by atoms with Crippen LogP contribution in [0.2, 0.25) is 0 Å². The summed E-state index contributed by atoms with van der Waals surface area (Å²) in [6, 6.07) is 0. The first kappa shape index (κ1) is 17.7. The van der Waals surface area contributed by atoms with Crippen molar-refractivity contribution in [3.8, 4) is 0 Å². The summed E-state index contributed by atoms with van der Waals surface area (Å²) in [5.74, 6) is 0.132. The van der Waals surface area contributed by atoms with Crippen LogP contribution in [0.15, 0.2) is 11.6 Å². The topological polar surface area (TPSA) is 37.3 Å². The molecule has 3 saturated carbocycles. The summed E-state index contributed by atoms with van der Waals surface area (Å²) in [6.07, 6.45) is 8.87. The van der Waals surface area contributed by atoms with Crippen LogP contribution >= 0.6 is 0 Å². The molecule has 1 N–H and O–H groups in total. The SMILES string of the molecule is CC(=O)[C@@]1(C)CC[C@H]2[C@@H]3CC=C4C[C@@](O)(F)CC[C@]4(C)[C@H]3CC[C@@]21C. The van der Waals surface area contributed by atoms with Gasteiger partial charge in [0.1, 0.15) is 5.78 Å². The van der Waals surface area contributed by atoms with Crippen molar-refractivity contribution in [2.45, 2.75) is 84.9 Å². The molecule has 25 heavy (non-hydrogen) atoms. The number of carbonyl (C=O) groups excluding carboxylic acids is 1. The number of allylic oxidation sites excluding steroid dienone is 1. The molecule has 0 saturated heterocycles. The van der Waals surface area contributed by atoms with E-state index in [0.717, 1.165) is 44.1 Å². The Balaban J connectivity index is 1.69. The van der Waals surface area contributed by atoms with E-state index in [1.807, 2.05) is 0 Å². The van der Waals surface area contributed by atoms with Crippen LogP contribution in [0.4, 0.5) is 4.39 Å². The van der Waals surface area contributed by atoms with E-state index in [-0.39, 0.29) is 29.1 Å². The zero-order chi connectivity index (χ0) is 18.3. The summed E-state index contributed by atoms with van der Waals surface area (Å²) < 4.78 is 14.2. The minimum atomic E-state index is -2.01. The molecule has 0 amide bonds. The van der Waals surface area contributed by atoms with Crippen molar-refractivity contribution in [1.29, 1.82) is 0 Å². The van der Waals surface area contributed by atoms with Gasteiger partial charge in [-0.05, 0) is 74.0 Å².